The van der Waals surface area contributed by atoms with Gasteiger partial charge in [0.25, 0.3) is 0 Å². The molecule has 1 unspecified atom stereocenters. The summed E-state index contributed by atoms with van der Waals surface area (Å²) in [7, 11) is -4.47. The fraction of sp³-hybridized carbons (Fsp3) is 0.822. The highest BCUT2D eigenvalue weighted by Crippen LogP contribution is 2.43. The van der Waals surface area contributed by atoms with E-state index in [1.807, 2.05) is 0 Å². The van der Waals surface area contributed by atoms with Gasteiger partial charge in [-0.25, -0.2) is 4.57 Å². The lowest BCUT2D eigenvalue weighted by molar-refractivity contribution is -0.160. The minimum Gasteiger partial charge on any atom is -0.462 e. The maximum atomic E-state index is 12.7. The minimum absolute atomic E-state index is 0.00261. The van der Waals surface area contributed by atoms with Gasteiger partial charge in [-0.3, -0.25) is 18.6 Å². The van der Waals surface area contributed by atoms with Crippen LogP contribution in [0.4, 0.5) is 0 Å². The number of phosphoric ester groups is 1. The molecule has 0 aromatic heterocycles. The Labute approximate surface area is 351 Å². The summed E-state index contributed by atoms with van der Waals surface area (Å²) in [5.41, 5.74) is 5.34. The van der Waals surface area contributed by atoms with Gasteiger partial charge in [-0.1, -0.05) is 147 Å². The van der Waals surface area contributed by atoms with Crippen molar-refractivity contribution in [1.82, 2.24) is 0 Å². The van der Waals surface area contributed by atoms with Gasteiger partial charge in [0.15, 0.2) is 6.10 Å². The highest BCUT2D eigenvalue weighted by Gasteiger charge is 2.39. The SMILES string of the molecule is CCCCCCCC/C=C\CCCCCCCCCCCC(=O)OC[C@H](COP(=O)(O)OCCN)OC(=O)C/C=C\C[C@H]1[C@@H](/C=C/[C@H](O)CCCCC)[C@H](O)C[C@@H]1O. The van der Waals surface area contributed by atoms with Gasteiger partial charge in [-0.15, -0.1) is 0 Å². The summed E-state index contributed by atoms with van der Waals surface area (Å²) >= 11 is 0. The number of ether oxygens (including phenoxy) is 2. The van der Waals surface area contributed by atoms with Crippen molar-refractivity contribution in [3.05, 3.63) is 36.5 Å². The van der Waals surface area contributed by atoms with E-state index in [4.69, 9.17) is 24.3 Å². The molecule has 0 radical (unpaired) electrons. The summed E-state index contributed by atoms with van der Waals surface area (Å²) in [6.45, 7) is 3.25. The first-order chi connectivity index (χ1) is 28.0. The highest BCUT2D eigenvalue weighted by atomic mass is 31.2. The molecule has 0 bridgehead atoms. The quantitative estimate of drug-likeness (QED) is 0.0171. The third-order valence-corrected chi connectivity index (χ3v) is 11.6. The number of carbonyl (C=O) groups is 2. The topological polar surface area (TPSA) is 195 Å². The molecule has 0 spiro atoms. The van der Waals surface area contributed by atoms with Gasteiger partial charge in [0.1, 0.15) is 6.61 Å². The van der Waals surface area contributed by atoms with Crippen LogP contribution in [0.3, 0.4) is 0 Å². The molecule has 0 aromatic rings. The van der Waals surface area contributed by atoms with Crippen LogP contribution in [-0.4, -0.2) is 82.9 Å². The van der Waals surface area contributed by atoms with Crippen LogP contribution in [0, 0.1) is 11.8 Å². The number of aliphatic hydroxyl groups excluding tert-OH is 3. The van der Waals surface area contributed by atoms with Gasteiger partial charge in [0.2, 0.25) is 0 Å². The Kier molecular flexibility index (Phi) is 33.4. The lowest BCUT2D eigenvalue weighted by atomic mass is 9.89. The molecule has 1 aliphatic rings. The Morgan fingerprint density at radius 3 is 1.95 bits per heavy atom. The Bertz CT molecular complexity index is 1170. The fourth-order valence-corrected chi connectivity index (χ4v) is 7.90. The third-order valence-electron chi connectivity index (χ3n) is 10.6. The van der Waals surface area contributed by atoms with Crippen LogP contribution in [0.1, 0.15) is 174 Å². The van der Waals surface area contributed by atoms with Gasteiger partial charge in [0, 0.05) is 25.3 Å². The largest absolute Gasteiger partial charge is 0.472 e. The average Bonchev–Trinajstić information content (AvgIpc) is 3.47. The maximum absolute atomic E-state index is 12.7. The molecule has 12 nitrogen and oxygen atoms in total. The maximum Gasteiger partial charge on any atom is 0.472 e. The lowest BCUT2D eigenvalue weighted by Gasteiger charge is -2.20. The molecule has 13 heteroatoms. The van der Waals surface area contributed by atoms with E-state index in [0.29, 0.717) is 19.3 Å². The molecular weight excluding hydrogens is 761 g/mol. The van der Waals surface area contributed by atoms with Crippen LogP contribution in [0.2, 0.25) is 0 Å². The predicted octanol–water partition coefficient (Wildman–Crippen LogP) is 9.32. The number of unbranched alkanes of at least 4 members (excludes halogenated alkanes) is 17. The number of hydrogen-bond acceptors (Lipinski definition) is 11. The first-order valence-corrected chi connectivity index (χ1v) is 24.2. The van der Waals surface area contributed by atoms with E-state index in [0.717, 1.165) is 38.5 Å². The van der Waals surface area contributed by atoms with Crippen LogP contribution in [0.15, 0.2) is 36.5 Å². The average molecular weight is 844 g/mol. The van der Waals surface area contributed by atoms with E-state index in [1.165, 1.54) is 83.5 Å². The van der Waals surface area contributed by atoms with Gasteiger partial charge < -0.3 is 35.4 Å². The summed E-state index contributed by atoms with van der Waals surface area (Å²) in [6.07, 6.45) is 33.0. The molecular formula is C45H82NO11P. The van der Waals surface area contributed by atoms with Crippen LogP contribution in [-0.2, 0) is 32.7 Å². The second-order valence-corrected chi connectivity index (χ2v) is 17.4. The third kappa shape index (κ3) is 29.4. The molecule has 58 heavy (non-hydrogen) atoms. The van der Waals surface area contributed by atoms with Gasteiger partial charge in [-0.05, 0) is 50.9 Å². The van der Waals surface area contributed by atoms with E-state index in [9.17, 15) is 34.4 Å². The van der Waals surface area contributed by atoms with Crippen molar-refractivity contribution in [2.24, 2.45) is 17.6 Å². The number of aliphatic hydroxyl groups is 3. The highest BCUT2D eigenvalue weighted by molar-refractivity contribution is 7.47. The fourth-order valence-electron chi connectivity index (χ4n) is 7.13. The van der Waals surface area contributed by atoms with E-state index in [-0.39, 0.29) is 50.9 Å². The molecule has 0 aliphatic heterocycles. The van der Waals surface area contributed by atoms with Crippen molar-refractivity contribution in [3.8, 4) is 0 Å². The zero-order valence-electron chi connectivity index (χ0n) is 36.1. The summed E-state index contributed by atoms with van der Waals surface area (Å²) in [6, 6.07) is 0. The number of hydrogen-bond donors (Lipinski definition) is 5. The van der Waals surface area contributed by atoms with Crippen molar-refractivity contribution < 1.29 is 52.9 Å². The molecule has 0 saturated heterocycles. The molecule has 7 atom stereocenters. The second-order valence-electron chi connectivity index (χ2n) is 15.9. The van der Waals surface area contributed by atoms with Crippen molar-refractivity contribution in [3.63, 3.8) is 0 Å². The predicted molar refractivity (Wildman–Crippen MR) is 231 cm³/mol. The number of rotatable bonds is 38. The molecule has 0 aromatic carbocycles. The van der Waals surface area contributed by atoms with Gasteiger partial charge in [0.05, 0.1) is 37.9 Å². The zero-order chi connectivity index (χ0) is 42.7. The molecule has 338 valence electrons. The number of nitrogens with two attached hydrogens (primary N) is 1. The Morgan fingerprint density at radius 1 is 0.741 bits per heavy atom. The number of esters is 2. The number of carbonyl (C=O) groups excluding carboxylic acids is 2. The van der Waals surface area contributed by atoms with Crippen LogP contribution < -0.4 is 5.73 Å². The summed E-state index contributed by atoms with van der Waals surface area (Å²) in [5, 5.41) is 31.4. The smallest absolute Gasteiger partial charge is 0.462 e. The molecule has 1 saturated carbocycles. The standard InChI is InChI=1S/C45H82NO11P/c1-3-5-7-8-9-10-11-12-13-14-15-16-17-18-19-20-21-22-24-29-44(50)54-36-39(37-56-58(52,53)55-34-33-46)57-45(51)30-26-25-28-40-41(43(49)35-42(40)48)32-31-38(47)27-23-6-4-2/h12-13,25-26,31-32,38-43,47-49H,3-11,14-24,27-30,33-37,46H2,1-2H3,(H,52,53)/b13-12-,26-25-,32-31+/t38-,39-,40+,41-,42+,43-/m1/s1. The Hall–Kier alpha value is -1.89. The molecule has 1 aliphatic carbocycles. The summed E-state index contributed by atoms with van der Waals surface area (Å²) < 4.78 is 32.7. The first kappa shape index (κ1) is 54.1. The Morgan fingerprint density at radius 2 is 1.33 bits per heavy atom. The zero-order valence-corrected chi connectivity index (χ0v) is 37.0. The van der Waals surface area contributed by atoms with Gasteiger partial charge in [-0.2, -0.15) is 0 Å². The molecule has 1 fully saturated rings. The van der Waals surface area contributed by atoms with E-state index >= 15 is 0 Å². The molecule has 0 amide bonds. The van der Waals surface area contributed by atoms with Crippen LogP contribution in [0.5, 0.6) is 0 Å². The van der Waals surface area contributed by atoms with E-state index in [1.54, 1.807) is 24.3 Å². The van der Waals surface area contributed by atoms with Crippen molar-refractivity contribution in [1.29, 1.82) is 0 Å². The Balaban J connectivity index is 2.39. The first-order valence-electron chi connectivity index (χ1n) is 22.7. The normalized spacial score (nSPS) is 20.6. The van der Waals surface area contributed by atoms with E-state index < -0.39 is 50.8 Å². The molecule has 0 heterocycles. The van der Waals surface area contributed by atoms with Gasteiger partial charge >= 0.3 is 19.8 Å². The van der Waals surface area contributed by atoms with Crippen molar-refractivity contribution in [2.45, 2.75) is 199 Å². The summed E-state index contributed by atoms with van der Waals surface area (Å²) in [5.74, 6) is -1.76. The monoisotopic (exact) mass is 844 g/mol. The number of phosphoric acid groups is 1. The van der Waals surface area contributed by atoms with Crippen molar-refractivity contribution >= 4 is 19.8 Å². The van der Waals surface area contributed by atoms with Crippen LogP contribution in [0.25, 0.3) is 0 Å². The second kappa shape index (κ2) is 35.8. The minimum atomic E-state index is -4.47. The van der Waals surface area contributed by atoms with Crippen molar-refractivity contribution in [2.75, 3.05) is 26.4 Å². The van der Waals surface area contributed by atoms with Crippen LogP contribution >= 0.6 is 7.82 Å². The molecule has 6 N–H and O–H groups in total. The lowest BCUT2D eigenvalue weighted by Crippen LogP contribution is -2.29. The molecule has 1 rings (SSSR count). The number of allylic oxidation sites excluding steroid dienone is 3. The summed E-state index contributed by atoms with van der Waals surface area (Å²) in [4.78, 5) is 35.2. The van der Waals surface area contributed by atoms with E-state index in [2.05, 4.69) is 26.0 Å².